The van der Waals surface area contributed by atoms with Gasteiger partial charge in [0.1, 0.15) is 12.2 Å². The Morgan fingerprint density at radius 1 is 0.562 bits per heavy atom. The van der Waals surface area contributed by atoms with Gasteiger partial charge in [0.25, 0.3) is 0 Å². The van der Waals surface area contributed by atoms with E-state index in [4.69, 9.17) is 9.47 Å². The molecule has 0 aliphatic rings. The minimum atomic E-state index is -0.334. The summed E-state index contributed by atoms with van der Waals surface area (Å²) in [7, 11) is 0. The fourth-order valence-corrected chi connectivity index (χ4v) is 3.65. The Labute approximate surface area is 193 Å². The summed E-state index contributed by atoms with van der Waals surface area (Å²) in [4.78, 5) is 0. The van der Waals surface area contributed by atoms with Crippen LogP contribution in [0.1, 0.15) is 70.4 Å². The molecule has 0 N–H and O–H groups in total. The van der Waals surface area contributed by atoms with Crippen LogP contribution in [0, 0.1) is 0 Å². The summed E-state index contributed by atoms with van der Waals surface area (Å²) in [5.41, 5.74) is 3.77. The fraction of sp³-hybridized carbons (Fsp3) is 0.333. The molecule has 0 aromatic heterocycles. The van der Waals surface area contributed by atoms with E-state index in [1.165, 1.54) is 0 Å². The van der Waals surface area contributed by atoms with Crippen molar-refractivity contribution in [1.29, 1.82) is 0 Å². The third-order valence-corrected chi connectivity index (χ3v) is 4.89. The Morgan fingerprint density at radius 3 is 1.25 bits per heavy atom. The molecule has 0 bridgehead atoms. The molecule has 0 aliphatic carbocycles. The zero-order chi connectivity index (χ0) is 23.2. The second-order valence-corrected chi connectivity index (χ2v) is 10.1. The lowest BCUT2D eigenvalue weighted by Crippen LogP contribution is -2.29. The van der Waals surface area contributed by atoms with Gasteiger partial charge in [0.15, 0.2) is 0 Å². The van der Waals surface area contributed by atoms with E-state index in [0.29, 0.717) is 0 Å². The van der Waals surface area contributed by atoms with Gasteiger partial charge in [0.2, 0.25) is 0 Å². The molecule has 0 radical (unpaired) electrons. The van der Waals surface area contributed by atoms with Crippen molar-refractivity contribution < 1.29 is 9.47 Å². The summed E-state index contributed by atoms with van der Waals surface area (Å²) < 4.78 is 13.5. The van der Waals surface area contributed by atoms with Crippen LogP contribution in [0.5, 0.6) is 0 Å². The molecule has 0 saturated heterocycles. The van der Waals surface area contributed by atoms with Crippen molar-refractivity contribution >= 4 is 6.08 Å². The monoisotopic (exact) mass is 428 g/mol. The molecule has 2 atom stereocenters. The maximum Gasteiger partial charge on any atom is 0.107 e. The third kappa shape index (κ3) is 7.19. The van der Waals surface area contributed by atoms with E-state index >= 15 is 0 Å². The maximum absolute atomic E-state index is 6.73. The summed E-state index contributed by atoms with van der Waals surface area (Å²) in [5.74, 6) is 0. The van der Waals surface area contributed by atoms with Crippen LogP contribution in [0.15, 0.2) is 96.6 Å². The Balaban J connectivity index is 2.23. The molecule has 0 amide bonds. The molecular weight excluding hydrogens is 392 g/mol. The first-order chi connectivity index (χ1) is 15.1. The minimum absolute atomic E-state index is 0.260. The van der Waals surface area contributed by atoms with Gasteiger partial charge in [-0.05, 0) is 69.9 Å². The molecule has 0 aliphatic heterocycles. The van der Waals surface area contributed by atoms with Crippen LogP contribution >= 0.6 is 0 Å². The summed E-state index contributed by atoms with van der Waals surface area (Å²) in [5, 5.41) is 0. The van der Waals surface area contributed by atoms with Crippen LogP contribution < -0.4 is 0 Å². The zero-order valence-corrected chi connectivity index (χ0v) is 20.2. The van der Waals surface area contributed by atoms with Gasteiger partial charge in [0, 0.05) is 0 Å². The van der Waals surface area contributed by atoms with Crippen molar-refractivity contribution in [2.75, 3.05) is 0 Å². The lowest BCUT2D eigenvalue weighted by Gasteiger charge is -2.36. The first-order valence-electron chi connectivity index (χ1n) is 11.3. The van der Waals surface area contributed by atoms with Crippen LogP contribution in [0.4, 0.5) is 0 Å². The highest BCUT2D eigenvalue weighted by Crippen LogP contribution is 2.42. The van der Waals surface area contributed by atoms with Crippen LogP contribution in [-0.4, -0.2) is 11.2 Å². The van der Waals surface area contributed by atoms with Crippen molar-refractivity contribution in [3.8, 4) is 0 Å². The molecule has 3 aromatic carbocycles. The van der Waals surface area contributed by atoms with Gasteiger partial charge >= 0.3 is 0 Å². The van der Waals surface area contributed by atoms with Crippen molar-refractivity contribution in [2.45, 2.75) is 65.0 Å². The third-order valence-electron chi connectivity index (χ3n) is 4.89. The number of ether oxygens (including phenoxy) is 2. The van der Waals surface area contributed by atoms with E-state index in [0.717, 1.165) is 22.3 Å². The molecule has 0 spiro atoms. The Hall–Kier alpha value is -2.68. The van der Waals surface area contributed by atoms with E-state index < -0.39 is 0 Å². The van der Waals surface area contributed by atoms with Crippen LogP contribution in [0.3, 0.4) is 0 Å². The molecule has 32 heavy (non-hydrogen) atoms. The summed E-state index contributed by atoms with van der Waals surface area (Å²) in [6, 6.07) is 31.3. The SMILES string of the molecule is CC(C)(C)OC(C(=Cc1ccccc1)C(OC(C)(C)C)c1ccccc1)c1ccccc1. The Kier molecular flexibility index (Phi) is 7.71. The second kappa shape index (κ2) is 10.3. The lowest BCUT2D eigenvalue weighted by molar-refractivity contribution is -0.0815. The summed E-state index contributed by atoms with van der Waals surface area (Å²) in [6.45, 7) is 12.6. The van der Waals surface area contributed by atoms with Gasteiger partial charge in [-0.1, -0.05) is 91.0 Å². The molecule has 3 aromatic rings. The fourth-order valence-electron chi connectivity index (χ4n) is 3.65. The predicted octanol–water partition coefficient (Wildman–Crippen LogP) is 8.18. The van der Waals surface area contributed by atoms with Gasteiger partial charge in [-0.15, -0.1) is 0 Å². The van der Waals surface area contributed by atoms with Gasteiger partial charge in [0.05, 0.1) is 11.2 Å². The first-order valence-corrected chi connectivity index (χ1v) is 11.3. The van der Waals surface area contributed by atoms with E-state index in [2.05, 4.69) is 120 Å². The Bertz CT molecular complexity index is 916. The highest BCUT2D eigenvalue weighted by Gasteiger charge is 2.32. The molecule has 2 heteroatoms. The standard InChI is InChI=1S/C30H36O2/c1-29(2,3)31-27(24-18-12-8-13-19-24)26(22-23-16-10-7-11-17-23)28(32-30(4,5)6)25-20-14-9-15-21-25/h7-22,27-28H,1-6H3. The lowest BCUT2D eigenvalue weighted by atomic mass is 9.90. The maximum atomic E-state index is 6.73. The average Bonchev–Trinajstić information content (AvgIpc) is 2.75. The van der Waals surface area contributed by atoms with Crippen LogP contribution in [0.2, 0.25) is 0 Å². The molecule has 2 nitrogen and oxygen atoms in total. The van der Waals surface area contributed by atoms with E-state index in [1.807, 2.05) is 18.2 Å². The van der Waals surface area contributed by atoms with Crippen LogP contribution in [0.25, 0.3) is 6.08 Å². The van der Waals surface area contributed by atoms with Crippen molar-refractivity contribution in [3.63, 3.8) is 0 Å². The number of rotatable bonds is 7. The van der Waals surface area contributed by atoms with Gasteiger partial charge in [-0.2, -0.15) is 0 Å². The van der Waals surface area contributed by atoms with Crippen molar-refractivity contribution in [2.24, 2.45) is 0 Å². The van der Waals surface area contributed by atoms with Crippen molar-refractivity contribution in [3.05, 3.63) is 113 Å². The first kappa shape index (κ1) is 24.0. The van der Waals surface area contributed by atoms with E-state index in [1.54, 1.807) is 0 Å². The average molecular weight is 429 g/mol. The van der Waals surface area contributed by atoms with Gasteiger partial charge in [-0.3, -0.25) is 0 Å². The minimum Gasteiger partial charge on any atom is -0.363 e. The number of hydrogen-bond donors (Lipinski definition) is 0. The second-order valence-electron chi connectivity index (χ2n) is 10.1. The molecule has 0 fully saturated rings. The molecule has 168 valence electrons. The van der Waals surface area contributed by atoms with Crippen LogP contribution in [-0.2, 0) is 9.47 Å². The van der Waals surface area contributed by atoms with E-state index in [-0.39, 0.29) is 23.4 Å². The van der Waals surface area contributed by atoms with Gasteiger partial charge < -0.3 is 9.47 Å². The molecule has 0 heterocycles. The summed E-state index contributed by atoms with van der Waals surface area (Å²) in [6.07, 6.45) is 1.71. The smallest absolute Gasteiger partial charge is 0.107 e. The summed E-state index contributed by atoms with van der Waals surface area (Å²) >= 11 is 0. The van der Waals surface area contributed by atoms with E-state index in [9.17, 15) is 0 Å². The number of benzene rings is 3. The molecule has 2 unspecified atom stereocenters. The molecule has 0 saturated carbocycles. The van der Waals surface area contributed by atoms with Gasteiger partial charge in [-0.25, -0.2) is 0 Å². The molecule has 3 rings (SSSR count). The Morgan fingerprint density at radius 2 is 0.906 bits per heavy atom. The molecular formula is C30H36O2. The normalized spacial score (nSPS) is 13.9. The largest absolute Gasteiger partial charge is 0.363 e. The zero-order valence-electron chi connectivity index (χ0n) is 20.2. The predicted molar refractivity (Wildman–Crippen MR) is 134 cm³/mol. The highest BCUT2D eigenvalue weighted by molar-refractivity contribution is 5.57. The number of hydrogen-bond acceptors (Lipinski definition) is 2. The highest BCUT2D eigenvalue weighted by atomic mass is 16.5. The van der Waals surface area contributed by atoms with Crippen molar-refractivity contribution in [1.82, 2.24) is 0 Å². The quantitative estimate of drug-likeness (QED) is 0.378. The topological polar surface area (TPSA) is 18.5 Å².